The molecule has 2 heterocycles. The Balaban J connectivity index is 1.59. The Bertz CT molecular complexity index is 695. The molecule has 0 atom stereocenters. The van der Waals surface area contributed by atoms with Crippen LogP contribution in [-0.4, -0.2) is 64.6 Å². The van der Waals surface area contributed by atoms with Gasteiger partial charge in [-0.15, -0.1) is 0 Å². The van der Waals surface area contributed by atoms with Gasteiger partial charge in [-0.2, -0.15) is 0 Å². The summed E-state index contributed by atoms with van der Waals surface area (Å²) in [6.07, 6.45) is 6.42. The standard InChI is InChI=1S/C18H31ClN8O2/c19-14-16(21)25-15(20)13(24-14)17(29)26-18(22)23-7-2-1-4-12-5-9-27(10-6-12)8-3-11-28/h12,28H,1-11H2,(H4,20,21,25)(H3,22,23,26,29). The molecule has 1 aromatic heterocycles. The van der Waals surface area contributed by atoms with Gasteiger partial charge in [0.05, 0.1) is 0 Å². The molecule has 1 amide bonds. The zero-order valence-electron chi connectivity index (χ0n) is 16.6. The molecule has 0 spiro atoms. The maximum absolute atomic E-state index is 12.1. The van der Waals surface area contributed by atoms with Crippen molar-refractivity contribution in [2.24, 2.45) is 5.92 Å². The van der Waals surface area contributed by atoms with E-state index in [4.69, 9.17) is 33.6 Å². The highest BCUT2D eigenvalue weighted by Crippen LogP contribution is 2.22. The number of carbonyl (C=O) groups excluding carboxylic acids is 1. The Morgan fingerprint density at radius 3 is 2.62 bits per heavy atom. The summed E-state index contributed by atoms with van der Waals surface area (Å²) in [5.74, 6) is -0.232. The molecule has 0 unspecified atom stereocenters. The number of aromatic nitrogens is 2. The lowest BCUT2D eigenvalue weighted by molar-refractivity contribution is 0.0971. The third kappa shape index (κ3) is 7.64. The van der Waals surface area contributed by atoms with Gasteiger partial charge >= 0.3 is 0 Å². The third-order valence-corrected chi connectivity index (χ3v) is 5.32. The van der Waals surface area contributed by atoms with Gasteiger partial charge in [0.25, 0.3) is 5.91 Å². The fourth-order valence-electron chi connectivity index (χ4n) is 3.39. The van der Waals surface area contributed by atoms with Crippen molar-refractivity contribution in [1.29, 1.82) is 5.41 Å². The molecule has 29 heavy (non-hydrogen) atoms. The van der Waals surface area contributed by atoms with Crippen LogP contribution in [0.5, 0.6) is 0 Å². The number of hydrogen-bond donors (Lipinski definition) is 6. The van der Waals surface area contributed by atoms with Crippen molar-refractivity contribution in [2.45, 2.75) is 38.5 Å². The van der Waals surface area contributed by atoms with Crippen LogP contribution in [0.25, 0.3) is 0 Å². The summed E-state index contributed by atoms with van der Waals surface area (Å²) in [6, 6.07) is 0. The minimum absolute atomic E-state index is 0.0512. The average molecular weight is 427 g/mol. The van der Waals surface area contributed by atoms with Crippen LogP contribution >= 0.6 is 11.6 Å². The molecule has 0 aromatic carbocycles. The van der Waals surface area contributed by atoms with E-state index in [0.29, 0.717) is 6.54 Å². The number of nitrogens with zero attached hydrogens (tertiary/aromatic N) is 3. The number of unbranched alkanes of at least 4 members (excludes halogenated alkanes) is 1. The van der Waals surface area contributed by atoms with Crippen molar-refractivity contribution < 1.29 is 9.90 Å². The van der Waals surface area contributed by atoms with E-state index >= 15 is 0 Å². The number of hydrogen-bond acceptors (Lipinski definition) is 8. The van der Waals surface area contributed by atoms with Gasteiger partial charge in [0.15, 0.2) is 28.4 Å². The Labute approximate surface area is 175 Å². The first-order valence-corrected chi connectivity index (χ1v) is 10.3. The van der Waals surface area contributed by atoms with E-state index in [0.717, 1.165) is 44.8 Å². The van der Waals surface area contributed by atoms with E-state index in [1.807, 2.05) is 0 Å². The van der Waals surface area contributed by atoms with Crippen molar-refractivity contribution in [2.75, 3.05) is 44.3 Å². The molecule has 0 bridgehead atoms. The zero-order valence-corrected chi connectivity index (χ0v) is 17.3. The normalized spacial score (nSPS) is 15.2. The highest BCUT2D eigenvalue weighted by atomic mass is 35.5. The summed E-state index contributed by atoms with van der Waals surface area (Å²) in [5.41, 5.74) is 10.9. The van der Waals surface area contributed by atoms with E-state index < -0.39 is 5.91 Å². The Kier molecular flexibility index (Phi) is 9.36. The van der Waals surface area contributed by atoms with Crippen molar-refractivity contribution in [3.05, 3.63) is 10.8 Å². The molecule has 162 valence electrons. The Morgan fingerprint density at radius 1 is 1.21 bits per heavy atom. The van der Waals surface area contributed by atoms with Crippen LogP contribution in [0.4, 0.5) is 11.6 Å². The van der Waals surface area contributed by atoms with Gasteiger partial charge in [-0.1, -0.05) is 24.4 Å². The molecule has 10 nitrogen and oxygen atoms in total. The number of piperidine rings is 1. The number of carbonyl (C=O) groups is 1. The molecule has 1 aliphatic heterocycles. The number of aliphatic hydroxyl groups excluding tert-OH is 1. The quantitative estimate of drug-likeness (QED) is 0.191. The Morgan fingerprint density at radius 2 is 1.93 bits per heavy atom. The first kappa shape index (κ1) is 23.1. The van der Waals surface area contributed by atoms with Gasteiger partial charge in [-0.05, 0) is 44.7 Å². The molecule has 8 N–H and O–H groups in total. The maximum atomic E-state index is 12.1. The third-order valence-electron chi connectivity index (χ3n) is 5.04. The molecule has 11 heteroatoms. The number of nitrogens with two attached hydrogens (primary N) is 2. The lowest BCUT2D eigenvalue weighted by atomic mass is 9.91. The van der Waals surface area contributed by atoms with E-state index in [9.17, 15) is 4.79 Å². The summed E-state index contributed by atoms with van der Waals surface area (Å²) < 4.78 is 0. The number of aliphatic hydroxyl groups is 1. The lowest BCUT2D eigenvalue weighted by Gasteiger charge is -2.31. The summed E-state index contributed by atoms with van der Waals surface area (Å²) in [6.45, 7) is 4.07. The van der Waals surface area contributed by atoms with Gasteiger partial charge < -0.3 is 26.8 Å². The summed E-state index contributed by atoms with van der Waals surface area (Å²) >= 11 is 5.76. The number of nitrogens with one attached hydrogen (secondary N) is 3. The number of guanidine groups is 1. The molecule has 0 radical (unpaired) electrons. The highest BCUT2D eigenvalue weighted by molar-refractivity contribution is 6.31. The van der Waals surface area contributed by atoms with Crippen LogP contribution < -0.4 is 22.1 Å². The second-order valence-corrected chi connectivity index (χ2v) is 7.61. The fourth-order valence-corrected chi connectivity index (χ4v) is 3.52. The zero-order chi connectivity index (χ0) is 21.2. The number of rotatable bonds is 9. The molecule has 0 aliphatic carbocycles. The number of anilines is 2. The first-order chi connectivity index (χ1) is 13.9. The summed E-state index contributed by atoms with van der Waals surface area (Å²) in [5, 5.41) is 21.9. The van der Waals surface area contributed by atoms with Crippen molar-refractivity contribution in [3.8, 4) is 0 Å². The minimum Gasteiger partial charge on any atom is -0.396 e. The van der Waals surface area contributed by atoms with Gasteiger partial charge in [0.2, 0.25) is 0 Å². The van der Waals surface area contributed by atoms with Gasteiger partial charge in [0, 0.05) is 19.7 Å². The number of likely N-dealkylation sites (tertiary alicyclic amines) is 1. The monoisotopic (exact) mass is 426 g/mol. The first-order valence-electron chi connectivity index (χ1n) is 9.96. The average Bonchev–Trinajstić information content (AvgIpc) is 2.69. The van der Waals surface area contributed by atoms with Gasteiger partial charge in [-0.3, -0.25) is 15.5 Å². The van der Waals surface area contributed by atoms with E-state index in [2.05, 4.69) is 25.5 Å². The molecule has 2 rings (SSSR count). The second-order valence-electron chi connectivity index (χ2n) is 7.25. The number of amides is 1. The predicted molar refractivity (Wildman–Crippen MR) is 114 cm³/mol. The molecule has 1 fully saturated rings. The van der Waals surface area contributed by atoms with E-state index in [-0.39, 0.29) is 35.0 Å². The number of nitrogen functional groups attached to an aromatic ring is 2. The summed E-state index contributed by atoms with van der Waals surface area (Å²) in [7, 11) is 0. The van der Waals surface area contributed by atoms with E-state index in [1.54, 1.807) is 0 Å². The van der Waals surface area contributed by atoms with Crippen molar-refractivity contribution in [1.82, 2.24) is 25.5 Å². The van der Waals surface area contributed by atoms with Crippen molar-refractivity contribution in [3.63, 3.8) is 0 Å². The van der Waals surface area contributed by atoms with Gasteiger partial charge in [0.1, 0.15) is 0 Å². The highest BCUT2D eigenvalue weighted by Gasteiger charge is 2.19. The van der Waals surface area contributed by atoms with Crippen LogP contribution in [-0.2, 0) is 0 Å². The van der Waals surface area contributed by atoms with Crippen LogP contribution in [0, 0.1) is 11.3 Å². The van der Waals surface area contributed by atoms with Crippen LogP contribution in [0.3, 0.4) is 0 Å². The molecular weight excluding hydrogens is 396 g/mol. The summed E-state index contributed by atoms with van der Waals surface area (Å²) in [4.78, 5) is 22.1. The predicted octanol–water partition coefficient (Wildman–Crippen LogP) is 0.813. The lowest BCUT2D eigenvalue weighted by Crippen LogP contribution is -2.41. The largest absolute Gasteiger partial charge is 0.396 e. The molecular formula is C18H31ClN8O2. The minimum atomic E-state index is -0.664. The van der Waals surface area contributed by atoms with Crippen LogP contribution in [0.15, 0.2) is 0 Å². The smallest absolute Gasteiger partial charge is 0.280 e. The topological polar surface area (TPSA) is 166 Å². The molecule has 1 aromatic rings. The molecule has 1 aliphatic rings. The number of halogens is 1. The molecule has 0 saturated carbocycles. The van der Waals surface area contributed by atoms with Crippen LogP contribution in [0.2, 0.25) is 5.15 Å². The SMILES string of the molecule is N=C(NCCCCC1CCN(CCCO)CC1)NC(=O)c1nc(Cl)c(N)nc1N. The van der Waals surface area contributed by atoms with Gasteiger partial charge in [-0.25, -0.2) is 9.97 Å². The fraction of sp³-hybridized carbons (Fsp3) is 0.667. The van der Waals surface area contributed by atoms with Crippen molar-refractivity contribution >= 4 is 35.1 Å². The molecule has 1 saturated heterocycles. The second kappa shape index (κ2) is 11.7. The van der Waals surface area contributed by atoms with Crippen LogP contribution in [0.1, 0.15) is 49.0 Å². The van der Waals surface area contributed by atoms with E-state index in [1.165, 1.54) is 19.3 Å². The maximum Gasteiger partial charge on any atom is 0.280 e. The Hall–Kier alpha value is -2.17.